The fourth-order valence-electron chi connectivity index (χ4n) is 1.88. The van der Waals surface area contributed by atoms with Crippen molar-refractivity contribution in [2.75, 3.05) is 0 Å². The Balaban J connectivity index is 1.66. The van der Waals surface area contributed by atoms with Crippen molar-refractivity contribution < 1.29 is 0 Å². The summed E-state index contributed by atoms with van der Waals surface area (Å²) in [6.07, 6.45) is 0.891. The molecule has 0 spiro atoms. The topological polar surface area (TPSA) is 12.4 Å². The molecule has 0 N–H and O–H groups in total. The Morgan fingerprint density at radius 2 is 1.53 bits per heavy atom. The summed E-state index contributed by atoms with van der Waals surface area (Å²) in [5.74, 6) is 0. The van der Waals surface area contributed by atoms with Crippen LogP contribution < -0.4 is 0 Å². The largest absolute Gasteiger partial charge is 0.247 e. The van der Waals surface area contributed by atoms with Crippen LogP contribution in [0.3, 0.4) is 0 Å². The molecule has 0 aromatic heterocycles. The van der Waals surface area contributed by atoms with Gasteiger partial charge in [0.2, 0.25) is 0 Å². The van der Waals surface area contributed by atoms with E-state index in [1.165, 1.54) is 9.79 Å². The molecule has 0 aliphatic carbocycles. The van der Waals surface area contributed by atoms with Crippen LogP contribution in [0, 0.1) is 0 Å². The van der Waals surface area contributed by atoms with Gasteiger partial charge in [-0.25, -0.2) is 4.99 Å². The average molecular weight is 303 g/mol. The minimum atomic E-state index is 0.484. The zero-order valence-corrected chi connectivity index (χ0v) is 12.7. The first-order chi connectivity index (χ1) is 9.31. The first-order valence-electron chi connectivity index (χ1n) is 6.05. The highest BCUT2D eigenvalue weighted by Gasteiger charge is 2.23. The van der Waals surface area contributed by atoms with E-state index in [9.17, 15) is 0 Å². The number of rotatable bonds is 3. The summed E-state index contributed by atoms with van der Waals surface area (Å²) in [5.41, 5.74) is 0.970. The van der Waals surface area contributed by atoms with E-state index in [2.05, 4.69) is 41.9 Å². The molecule has 1 heterocycles. The van der Waals surface area contributed by atoms with Crippen LogP contribution in [0.25, 0.3) is 0 Å². The number of aliphatic imine (C=N–C) groups is 1. The maximum Gasteiger partial charge on any atom is 0.0727 e. The Hall–Kier alpha value is -0.840. The summed E-state index contributed by atoms with van der Waals surface area (Å²) in [4.78, 5) is 7.29. The van der Waals surface area contributed by atoms with Gasteiger partial charge in [0.25, 0.3) is 0 Å². The van der Waals surface area contributed by atoms with Gasteiger partial charge in [0, 0.05) is 16.2 Å². The van der Waals surface area contributed by atoms with Gasteiger partial charge in [-0.2, -0.15) is 0 Å². The molecular formula is C15H13NS3. The van der Waals surface area contributed by atoms with E-state index >= 15 is 0 Å². The molecule has 0 saturated heterocycles. The predicted octanol–water partition coefficient (Wildman–Crippen LogP) is 5.26. The van der Waals surface area contributed by atoms with Crippen molar-refractivity contribution in [2.24, 2.45) is 4.99 Å². The third-order valence-electron chi connectivity index (χ3n) is 2.73. The zero-order valence-electron chi connectivity index (χ0n) is 10.2. The van der Waals surface area contributed by atoms with E-state index in [-0.39, 0.29) is 0 Å². The predicted molar refractivity (Wildman–Crippen MR) is 89.1 cm³/mol. The van der Waals surface area contributed by atoms with E-state index < -0.39 is 0 Å². The number of fused-ring (bicyclic) bond motifs is 1. The maximum atomic E-state index is 4.54. The molecule has 0 radical (unpaired) electrons. The Kier molecular flexibility index (Phi) is 4.21. The molecule has 1 nitrogen and oxygen atoms in total. The number of hydrogen-bond acceptors (Lipinski definition) is 3. The van der Waals surface area contributed by atoms with Gasteiger partial charge >= 0.3 is 0 Å². The van der Waals surface area contributed by atoms with Gasteiger partial charge in [0.15, 0.2) is 0 Å². The minimum Gasteiger partial charge on any atom is -0.247 e. The van der Waals surface area contributed by atoms with Gasteiger partial charge in [0.1, 0.15) is 0 Å². The highest BCUT2D eigenvalue weighted by Crippen LogP contribution is 2.49. The fourth-order valence-corrected chi connectivity index (χ4v) is 5.26. The van der Waals surface area contributed by atoms with Gasteiger partial charge in [-0.3, -0.25) is 0 Å². The lowest BCUT2D eigenvalue weighted by Gasteiger charge is -2.06. The van der Waals surface area contributed by atoms with Crippen molar-refractivity contribution >= 4 is 46.9 Å². The Bertz CT molecular complexity index is 570. The van der Waals surface area contributed by atoms with E-state index in [0.29, 0.717) is 4.58 Å². The fraction of sp³-hybridized carbons (Fsp3) is 0.133. The molecule has 0 bridgehead atoms. The Morgan fingerprint density at radius 1 is 0.947 bits per heavy atom. The number of hydrogen-bond donors (Lipinski definition) is 1. The molecule has 0 fully saturated rings. The van der Waals surface area contributed by atoms with E-state index in [4.69, 9.17) is 0 Å². The lowest BCUT2D eigenvalue weighted by Crippen LogP contribution is -1.98. The standard InChI is InChI=1S/C15H13NS3/c17-14(16-11-6-2-1-3-7-11)10-15-18-12-8-4-5-9-13(12)19-15/h1-9,15H,10H2,(H,16,17). The van der Waals surface area contributed by atoms with Crippen LogP contribution in [0.2, 0.25) is 0 Å². The summed E-state index contributed by atoms with van der Waals surface area (Å²) >= 11 is 8.34. The molecule has 3 rings (SSSR count). The molecular weight excluding hydrogens is 290 g/mol. The number of para-hydroxylation sites is 1. The molecule has 0 atom stereocenters. The summed E-state index contributed by atoms with van der Waals surface area (Å²) in [6, 6.07) is 18.5. The third kappa shape index (κ3) is 3.38. The van der Waals surface area contributed by atoms with Gasteiger partial charge in [0.05, 0.1) is 15.3 Å². The minimum absolute atomic E-state index is 0.484. The molecule has 2 aromatic rings. The highest BCUT2D eigenvalue weighted by molar-refractivity contribution is 8.19. The average Bonchev–Trinajstić information content (AvgIpc) is 2.81. The first kappa shape index (κ1) is 13.2. The van der Waals surface area contributed by atoms with Gasteiger partial charge < -0.3 is 0 Å². The quantitative estimate of drug-likeness (QED) is 0.471. The molecule has 2 aromatic carbocycles. The van der Waals surface area contributed by atoms with Gasteiger partial charge in [-0.05, 0) is 24.3 Å². The van der Waals surface area contributed by atoms with Crippen LogP contribution >= 0.6 is 36.2 Å². The molecule has 1 aliphatic rings. The first-order valence-corrected chi connectivity index (χ1v) is 8.26. The number of thioether (sulfide) groups is 2. The van der Waals surface area contributed by atoms with Crippen LogP contribution in [-0.2, 0) is 0 Å². The normalized spacial score (nSPS) is 15.5. The van der Waals surface area contributed by atoms with Crippen molar-refractivity contribution in [3.8, 4) is 0 Å². The molecule has 0 amide bonds. The van der Waals surface area contributed by atoms with E-state index in [0.717, 1.165) is 17.2 Å². The van der Waals surface area contributed by atoms with Crippen LogP contribution in [0.15, 0.2) is 69.4 Å². The maximum absolute atomic E-state index is 4.54. The van der Waals surface area contributed by atoms with Crippen LogP contribution in [0.5, 0.6) is 0 Å². The number of nitrogens with zero attached hydrogens (tertiary/aromatic N) is 1. The van der Waals surface area contributed by atoms with Crippen LogP contribution in [0.4, 0.5) is 5.69 Å². The molecule has 19 heavy (non-hydrogen) atoms. The van der Waals surface area contributed by atoms with Crippen molar-refractivity contribution in [3.05, 3.63) is 54.6 Å². The summed E-state index contributed by atoms with van der Waals surface area (Å²) in [5, 5.41) is 0.893. The van der Waals surface area contributed by atoms with E-state index in [1.54, 1.807) is 0 Å². The van der Waals surface area contributed by atoms with Crippen LogP contribution in [-0.4, -0.2) is 9.63 Å². The number of benzene rings is 2. The lowest BCUT2D eigenvalue weighted by molar-refractivity contribution is 1.26. The third-order valence-corrected chi connectivity index (χ3v) is 5.80. The molecule has 4 heteroatoms. The second-order valence-electron chi connectivity index (χ2n) is 4.18. The summed E-state index contributed by atoms with van der Waals surface area (Å²) < 4.78 is 0.484. The van der Waals surface area contributed by atoms with Crippen molar-refractivity contribution in [3.63, 3.8) is 0 Å². The summed E-state index contributed by atoms with van der Waals surface area (Å²) in [7, 11) is 0. The van der Waals surface area contributed by atoms with Gasteiger partial charge in [-0.15, -0.1) is 36.2 Å². The molecule has 0 unspecified atom stereocenters. The van der Waals surface area contributed by atoms with Crippen molar-refractivity contribution in [1.82, 2.24) is 0 Å². The van der Waals surface area contributed by atoms with Crippen LogP contribution in [0.1, 0.15) is 6.42 Å². The lowest BCUT2D eigenvalue weighted by atomic mass is 10.3. The van der Waals surface area contributed by atoms with Gasteiger partial charge in [-0.1, -0.05) is 30.3 Å². The number of thiol groups is 1. The molecule has 0 saturated carbocycles. The Labute approximate surface area is 127 Å². The SMILES string of the molecule is SC(CC1Sc2ccccc2S1)=Nc1ccccc1. The smallest absolute Gasteiger partial charge is 0.0727 e. The second-order valence-corrected chi connectivity index (χ2v) is 7.48. The van der Waals surface area contributed by atoms with E-state index in [1.807, 2.05) is 53.9 Å². The molecule has 96 valence electrons. The highest BCUT2D eigenvalue weighted by atomic mass is 32.2. The van der Waals surface area contributed by atoms with Crippen molar-refractivity contribution in [1.29, 1.82) is 0 Å². The summed E-state index contributed by atoms with van der Waals surface area (Å²) in [6.45, 7) is 0. The molecule has 1 aliphatic heterocycles. The van der Waals surface area contributed by atoms with Crippen molar-refractivity contribution in [2.45, 2.75) is 20.8 Å². The zero-order chi connectivity index (χ0) is 13.1. The Morgan fingerprint density at radius 3 is 2.16 bits per heavy atom. The monoisotopic (exact) mass is 303 g/mol. The second kappa shape index (κ2) is 6.07.